The van der Waals surface area contributed by atoms with Gasteiger partial charge in [-0.3, -0.25) is 4.79 Å². The first-order valence-electron chi connectivity index (χ1n) is 6.87. The first-order valence-corrected chi connectivity index (χ1v) is 7.67. The van der Waals surface area contributed by atoms with Gasteiger partial charge in [-0.2, -0.15) is 0 Å². The molecule has 23 heavy (non-hydrogen) atoms. The van der Waals surface area contributed by atoms with Gasteiger partial charge in [0.25, 0.3) is 5.91 Å². The molecule has 0 aromatic heterocycles. The van der Waals surface area contributed by atoms with Gasteiger partial charge in [0.15, 0.2) is 0 Å². The number of anilines is 1. The number of rotatable bonds is 5. The number of hydrogen-bond donors (Lipinski definition) is 1. The topological polar surface area (TPSA) is 56.8 Å². The van der Waals surface area contributed by atoms with Crippen LogP contribution in [0.5, 0.6) is 17.2 Å². The SMILES string of the molecule is COc1ccc(OC)c(NC(=O)c2cc(Br)cc(C)c2OC)c1. The number of aryl methyl sites for hydroxylation is 1. The van der Waals surface area contributed by atoms with E-state index in [1.807, 2.05) is 13.0 Å². The Morgan fingerprint density at radius 1 is 1.04 bits per heavy atom. The number of ether oxygens (including phenoxy) is 3. The van der Waals surface area contributed by atoms with Crippen molar-refractivity contribution in [2.24, 2.45) is 0 Å². The molecule has 6 heteroatoms. The van der Waals surface area contributed by atoms with Gasteiger partial charge < -0.3 is 19.5 Å². The molecule has 0 heterocycles. The normalized spacial score (nSPS) is 10.1. The largest absolute Gasteiger partial charge is 0.497 e. The van der Waals surface area contributed by atoms with Gasteiger partial charge in [-0.1, -0.05) is 15.9 Å². The van der Waals surface area contributed by atoms with Crippen molar-refractivity contribution >= 4 is 27.5 Å². The maximum Gasteiger partial charge on any atom is 0.259 e. The molecule has 0 saturated carbocycles. The van der Waals surface area contributed by atoms with E-state index in [2.05, 4.69) is 21.2 Å². The zero-order valence-corrected chi connectivity index (χ0v) is 15.0. The average Bonchev–Trinajstić information content (AvgIpc) is 2.54. The van der Waals surface area contributed by atoms with Gasteiger partial charge in [0.2, 0.25) is 0 Å². The van der Waals surface area contributed by atoms with Gasteiger partial charge in [-0.15, -0.1) is 0 Å². The molecule has 5 nitrogen and oxygen atoms in total. The number of carbonyl (C=O) groups excluding carboxylic acids is 1. The second-order valence-corrected chi connectivity index (χ2v) is 5.74. The number of methoxy groups -OCH3 is 3. The Morgan fingerprint density at radius 3 is 2.39 bits per heavy atom. The number of amides is 1. The highest BCUT2D eigenvalue weighted by atomic mass is 79.9. The summed E-state index contributed by atoms with van der Waals surface area (Å²) in [6.45, 7) is 1.88. The quantitative estimate of drug-likeness (QED) is 0.851. The van der Waals surface area contributed by atoms with E-state index in [1.165, 1.54) is 0 Å². The highest BCUT2D eigenvalue weighted by Gasteiger charge is 2.17. The van der Waals surface area contributed by atoms with Crippen LogP contribution in [0.25, 0.3) is 0 Å². The van der Waals surface area contributed by atoms with Crippen LogP contribution in [0.3, 0.4) is 0 Å². The molecule has 0 unspecified atom stereocenters. The lowest BCUT2D eigenvalue weighted by atomic mass is 10.1. The van der Waals surface area contributed by atoms with Gasteiger partial charge in [0.05, 0.1) is 32.6 Å². The Morgan fingerprint density at radius 2 is 1.78 bits per heavy atom. The minimum Gasteiger partial charge on any atom is -0.497 e. The molecular formula is C17H18BrNO4. The first-order chi connectivity index (χ1) is 11.0. The Labute approximate surface area is 143 Å². The number of carbonyl (C=O) groups is 1. The molecule has 0 radical (unpaired) electrons. The number of nitrogens with one attached hydrogen (secondary N) is 1. The molecule has 2 aromatic carbocycles. The molecule has 1 amide bonds. The van der Waals surface area contributed by atoms with Crippen LogP contribution < -0.4 is 19.5 Å². The summed E-state index contributed by atoms with van der Waals surface area (Å²) < 4.78 is 16.6. The molecule has 0 saturated heterocycles. The Kier molecular flexibility index (Phi) is 5.50. The van der Waals surface area contributed by atoms with Gasteiger partial charge in [0, 0.05) is 10.5 Å². The summed E-state index contributed by atoms with van der Waals surface area (Å²) in [5.74, 6) is 1.41. The Hall–Kier alpha value is -2.21. The molecule has 0 bridgehead atoms. The van der Waals surface area contributed by atoms with Crippen LogP contribution in [0.15, 0.2) is 34.8 Å². The Bertz CT molecular complexity index is 731. The van der Waals surface area contributed by atoms with Gasteiger partial charge in [-0.05, 0) is 36.8 Å². The van der Waals surface area contributed by atoms with Crippen LogP contribution in [0.4, 0.5) is 5.69 Å². The smallest absolute Gasteiger partial charge is 0.259 e. The van der Waals surface area contributed by atoms with Crippen molar-refractivity contribution in [3.63, 3.8) is 0 Å². The maximum atomic E-state index is 12.7. The lowest BCUT2D eigenvalue weighted by molar-refractivity contribution is 0.102. The van der Waals surface area contributed by atoms with E-state index in [1.54, 1.807) is 45.6 Å². The average molecular weight is 380 g/mol. The zero-order chi connectivity index (χ0) is 17.0. The standard InChI is InChI=1S/C17H18BrNO4/c1-10-7-11(18)8-13(16(10)23-4)17(20)19-14-9-12(21-2)5-6-15(14)22-3/h5-9H,1-4H3,(H,19,20). The second-order valence-electron chi connectivity index (χ2n) is 4.82. The van der Waals surface area contributed by atoms with E-state index in [9.17, 15) is 4.79 Å². The van der Waals surface area contributed by atoms with E-state index >= 15 is 0 Å². The highest BCUT2D eigenvalue weighted by Crippen LogP contribution is 2.32. The minimum atomic E-state index is -0.294. The summed E-state index contributed by atoms with van der Waals surface area (Å²) in [5, 5.41) is 2.84. The predicted octanol–water partition coefficient (Wildman–Crippen LogP) is 4.04. The third-order valence-corrected chi connectivity index (χ3v) is 3.80. The molecule has 122 valence electrons. The van der Waals surface area contributed by atoms with Crippen molar-refractivity contribution in [2.75, 3.05) is 26.6 Å². The van der Waals surface area contributed by atoms with Crippen molar-refractivity contribution in [1.82, 2.24) is 0 Å². The number of halogens is 1. The fourth-order valence-electron chi connectivity index (χ4n) is 2.27. The van der Waals surface area contributed by atoms with Crippen LogP contribution >= 0.6 is 15.9 Å². The minimum absolute atomic E-state index is 0.294. The molecule has 0 aliphatic carbocycles. The third-order valence-electron chi connectivity index (χ3n) is 3.34. The van der Waals surface area contributed by atoms with Crippen LogP contribution in [0.2, 0.25) is 0 Å². The number of benzene rings is 2. The van der Waals surface area contributed by atoms with Crippen LogP contribution in [-0.4, -0.2) is 27.2 Å². The lowest BCUT2D eigenvalue weighted by Gasteiger charge is -2.14. The van der Waals surface area contributed by atoms with Crippen molar-refractivity contribution in [1.29, 1.82) is 0 Å². The summed E-state index contributed by atoms with van der Waals surface area (Å²) in [6, 6.07) is 8.81. The molecule has 2 aromatic rings. The van der Waals surface area contributed by atoms with Crippen molar-refractivity contribution < 1.29 is 19.0 Å². The van der Waals surface area contributed by atoms with E-state index in [-0.39, 0.29) is 5.91 Å². The summed E-state index contributed by atoms with van der Waals surface area (Å²) in [7, 11) is 4.65. The third kappa shape index (κ3) is 3.76. The van der Waals surface area contributed by atoms with E-state index < -0.39 is 0 Å². The van der Waals surface area contributed by atoms with Crippen molar-refractivity contribution in [3.8, 4) is 17.2 Å². The fraction of sp³-hybridized carbons (Fsp3) is 0.235. The van der Waals surface area contributed by atoms with E-state index in [0.29, 0.717) is 28.5 Å². The first kappa shape index (κ1) is 17.1. The van der Waals surface area contributed by atoms with E-state index in [4.69, 9.17) is 14.2 Å². The van der Waals surface area contributed by atoms with Gasteiger partial charge >= 0.3 is 0 Å². The lowest BCUT2D eigenvalue weighted by Crippen LogP contribution is -2.14. The molecule has 0 spiro atoms. The molecule has 0 fully saturated rings. The molecule has 0 aliphatic heterocycles. The summed E-state index contributed by atoms with van der Waals surface area (Å²) in [6.07, 6.45) is 0. The number of hydrogen-bond acceptors (Lipinski definition) is 4. The summed E-state index contributed by atoms with van der Waals surface area (Å²) in [5.41, 5.74) is 1.82. The molecular weight excluding hydrogens is 362 g/mol. The van der Waals surface area contributed by atoms with Crippen LogP contribution in [-0.2, 0) is 0 Å². The molecule has 2 rings (SSSR count). The van der Waals surface area contributed by atoms with E-state index in [0.717, 1.165) is 10.0 Å². The zero-order valence-electron chi connectivity index (χ0n) is 13.4. The summed E-state index contributed by atoms with van der Waals surface area (Å²) in [4.78, 5) is 12.7. The summed E-state index contributed by atoms with van der Waals surface area (Å²) >= 11 is 3.40. The molecule has 1 N–H and O–H groups in total. The molecule has 0 atom stereocenters. The predicted molar refractivity (Wildman–Crippen MR) is 92.9 cm³/mol. The maximum absolute atomic E-state index is 12.7. The Balaban J connectivity index is 2.40. The van der Waals surface area contributed by atoms with Crippen LogP contribution in [0, 0.1) is 6.92 Å². The van der Waals surface area contributed by atoms with Crippen LogP contribution in [0.1, 0.15) is 15.9 Å². The monoisotopic (exact) mass is 379 g/mol. The molecule has 0 aliphatic rings. The fourth-order valence-corrected chi connectivity index (χ4v) is 2.84. The van der Waals surface area contributed by atoms with Gasteiger partial charge in [-0.25, -0.2) is 0 Å². The van der Waals surface area contributed by atoms with Crippen molar-refractivity contribution in [2.45, 2.75) is 6.92 Å². The second kappa shape index (κ2) is 7.37. The highest BCUT2D eigenvalue weighted by molar-refractivity contribution is 9.10. The van der Waals surface area contributed by atoms with Gasteiger partial charge in [0.1, 0.15) is 17.2 Å². The van der Waals surface area contributed by atoms with Crippen molar-refractivity contribution in [3.05, 3.63) is 45.9 Å².